The van der Waals surface area contributed by atoms with Crippen LogP contribution in [0.3, 0.4) is 0 Å². The Labute approximate surface area is 180 Å². The average molecular weight is 430 g/mol. The van der Waals surface area contributed by atoms with Gasteiger partial charge in [-0.05, 0) is 62.0 Å². The van der Waals surface area contributed by atoms with Crippen molar-refractivity contribution in [2.75, 3.05) is 30.4 Å². The highest BCUT2D eigenvalue weighted by atomic mass is 35.5. The predicted octanol–water partition coefficient (Wildman–Crippen LogP) is 3.33. The normalized spacial score (nSPS) is 16.3. The minimum atomic E-state index is -0.690. The molecular weight excluding hydrogens is 406 g/mol. The number of nitrogens with zero attached hydrogens (tertiary/aromatic N) is 2. The Balaban J connectivity index is 1.61. The van der Waals surface area contributed by atoms with Crippen LogP contribution in [0.25, 0.3) is 0 Å². The molecule has 1 N–H and O–H groups in total. The number of likely N-dealkylation sites (N-methyl/N-ethyl adjacent to an activating group) is 1. The van der Waals surface area contributed by atoms with Crippen LogP contribution in [-0.2, 0) is 14.4 Å². The van der Waals surface area contributed by atoms with Crippen molar-refractivity contribution in [3.8, 4) is 5.75 Å². The summed E-state index contributed by atoms with van der Waals surface area (Å²) in [6.07, 6.45) is 0.919. The molecule has 0 aromatic heterocycles. The van der Waals surface area contributed by atoms with E-state index in [4.69, 9.17) is 16.3 Å². The van der Waals surface area contributed by atoms with E-state index in [-0.39, 0.29) is 30.7 Å². The topological polar surface area (TPSA) is 79.0 Å². The number of hydrogen-bond donors (Lipinski definition) is 1. The zero-order chi connectivity index (χ0) is 21.7. The third-order valence-electron chi connectivity index (χ3n) is 4.74. The number of anilines is 2. The zero-order valence-corrected chi connectivity index (χ0v) is 17.7. The first-order valence-corrected chi connectivity index (χ1v) is 10.1. The number of carbonyl (C=O) groups is 3. The predicted molar refractivity (Wildman–Crippen MR) is 116 cm³/mol. The molecule has 8 heteroatoms. The van der Waals surface area contributed by atoms with Crippen LogP contribution in [0.4, 0.5) is 11.4 Å². The highest BCUT2D eigenvalue weighted by molar-refractivity contribution is 6.30. The second-order valence-electron chi connectivity index (χ2n) is 7.10. The lowest BCUT2D eigenvalue weighted by molar-refractivity contribution is -0.123. The van der Waals surface area contributed by atoms with Crippen molar-refractivity contribution in [2.24, 2.45) is 0 Å². The van der Waals surface area contributed by atoms with Crippen molar-refractivity contribution in [3.05, 3.63) is 53.6 Å². The van der Waals surface area contributed by atoms with Gasteiger partial charge >= 0.3 is 0 Å². The Hall–Kier alpha value is -2.90. The van der Waals surface area contributed by atoms with Crippen molar-refractivity contribution in [1.29, 1.82) is 0 Å². The Morgan fingerprint density at radius 1 is 1.17 bits per heavy atom. The molecule has 0 aliphatic carbocycles. The third-order valence-corrected chi connectivity index (χ3v) is 5.00. The summed E-state index contributed by atoms with van der Waals surface area (Å²) in [5.74, 6) is -0.232. The molecule has 1 saturated heterocycles. The van der Waals surface area contributed by atoms with E-state index in [9.17, 15) is 14.4 Å². The van der Waals surface area contributed by atoms with Gasteiger partial charge in [0.1, 0.15) is 5.75 Å². The van der Waals surface area contributed by atoms with Crippen molar-refractivity contribution in [3.63, 3.8) is 0 Å². The summed E-state index contributed by atoms with van der Waals surface area (Å²) in [4.78, 5) is 40.5. The standard InChI is InChI=1S/C22H24ClN3O4/c1-3-12-30-18-10-8-17(9-11-18)26-21(28)13-19(22(26)29)25(2)14-20(27)24-16-6-4-15(23)5-7-16/h4-11,19H,3,12-14H2,1-2H3,(H,24,27)/t19-/m0/s1. The highest BCUT2D eigenvalue weighted by Crippen LogP contribution is 2.27. The summed E-state index contributed by atoms with van der Waals surface area (Å²) in [5.41, 5.74) is 1.11. The molecule has 1 atom stereocenters. The number of ether oxygens (including phenoxy) is 1. The highest BCUT2D eigenvalue weighted by Gasteiger charge is 2.42. The first-order chi connectivity index (χ1) is 14.4. The fourth-order valence-electron chi connectivity index (χ4n) is 3.21. The largest absolute Gasteiger partial charge is 0.494 e. The van der Waals surface area contributed by atoms with Crippen molar-refractivity contribution >= 4 is 40.7 Å². The average Bonchev–Trinajstić information content (AvgIpc) is 3.02. The van der Waals surface area contributed by atoms with Gasteiger partial charge in [0.05, 0.1) is 31.3 Å². The van der Waals surface area contributed by atoms with E-state index in [1.165, 1.54) is 4.90 Å². The molecule has 7 nitrogen and oxygen atoms in total. The number of carbonyl (C=O) groups excluding carboxylic acids is 3. The van der Waals surface area contributed by atoms with Crippen LogP contribution in [0.5, 0.6) is 5.75 Å². The number of rotatable bonds is 8. The summed E-state index contributed by atoms with van der Waals surface area (Å²) < 4.78 is 5.54. The van der Waals surface area contributed by atoms with Crippen LogP contribution in [-0.4, -0.2) is 48.9 Å². The minimum absolute atomic E-state index is 0.0239. The molecule has 0 radical (unpaired) electrons. The van der Waals surface area contributed by atoms with Gasteiger partial charge in [0, 0.05) is 10.7 Å². The van der Waals surface area contributed by atoms with Crippen molar-refractivity contribution < 1.29 is 19.1 Å². The summed E-state index contributed by atoms with van der Waals surface area (Å²) in [6, 6.07) is 12.9. The zero-order valence-electron chi connectivity index (χ0n) is 16.9. The molecule has 2 aromatic rings. The lowest BCUT2D eigenvalue weighted by Crippen LogP contribution is -2.43. The molecule has 30 heavy (non-hydrogen) atoms. The summed E-state index contributed by atoms with van der Waals surface area (Å²) in [5, 5.41) is 3.33. The van der Waals surface area contributed by atoms with Gasteiger partial charge in [-0.1, -0.05) is 18.5 Å². The van der Waals surface area contributed by atoms with Gasteiger partial charge in [-0.3, -0.25) is 19.3 Å². The molecule has 0 saturated carbocycles. The van der Waals surface area contributed by atoms with Crippen LogP contribution in [0.2, 0.25) is 5.02 Å². The minimum Gasteiger partial charge on any atom is -0.494 e. The van der Waals surface area contributed by atoms with Crippen molar-refractivity contribution in [2.45, 2.75) is 25.8 Å². The molecule has 1 aliphatic rings. The number of imide groups is 1. The summed E-state index contributed by atoms with van der Waals surface area (Å²) >= 11 is 5.84. The van der Waals surface area contributed by atoms with E-state index >= 15 is 0 Å². The van der Waals surface area contributed by atoms with E-state index in [0.717, 1.165) is 6.42 Å². The molecule has 3 rings (SSSR count). The first kappa shape index (κ1) is 21.8. The Morgan fingerprint density at radius 3 is 2.47 bits per heavy atom. The lowest BCUT2D eigenvalue weighted by Gasteiger charge is -2.22. The van der Waals surface area contributed by atoms with Gasteiger partial charge in [0.15, 0.2) is 0 Å². The Morgan fingerprint density at radius 2 is 1.83 bits per heavy atom. The molecule has 1 fully saturated rings. The Kier molecular flexibility index (Phi) is 7.07. The monoisotopic (exact) mass is 429 g/mol. The van der Waals surface area contributed by atoms with Crippen molar-refractivity contribution in [1.82, 2.24) is 4.90 Å². The van der Waals surface area contributed by atoms with E-state index in [1.807, 2.05) is 6.92 Å². The molecule has 2 aromatic carbocycles. The molecule has 0 bridgehead atoms. The number of benzene rings is 2. The second kappa shape index (κ2) is 9.73. The van der Waals surface area contributed by atoms with E-state index in [2.05, 4.69) is 5.32 Å². The fourth-order valence-corrected chi connectivity index (χ4v) is 3.34. The second-order valence-corrected chi connectivity index (χ2v) is 7.54. The number of hydrogen-bond acceptors (Lipinski definition) is 5. The van der Waals surface area contributed by atoms with Gasteiger partial charge in [0.2, 0.25) is 11.8 Å². The summed E-state index contributed by atoms with van der Waals surface area (Å²) in [7, 11) is 1.66. The van der Waals surface area contributed by atoms with E-state index in [1.54, 1.807) is 60.5 Å². The van der Waals surface area contributed by atoms with Gasteiger partial charge in [0.25, 0.3) is 5.91 Å². The maximum Gasteiger partial charge on any atom is 0.251 e. The molecule has 1 aliphatic heterocycles. The molecule has 3 amide bonds. The molecule has 0 spiro atoms. The smallest absolute Gasteiger partial charge is 0.251 e. The number of nitrogens with one attached hydrogen (secondary N) is 1. The van der Waals surface area contributed by atoms with Crippen LogP contribution in [0.15, 0.2) is 48.5 Å². The quantitative estimate of drug-likeness (QED) is 0.651. The molecule has 0 unspecified atom stereocenters. The lowest BCUT2D eigenvalue weighted by atomic mass is 10.2. The SMILES string of the molecule is CCCOc1ccc(N2C(=O)C[C@H](N(C)CC(=O)Nc3ccc(Cl)cc3)C2=O)cc1. The summed E-state index contributed by atoms with van der Waals surface area (Å²) in [6.45, 7) is 2.60. The van der Waals surface area contributed by atoms with Crippen LogP contribution in [0.1, 0.15) is 19.8 Å². The molecule has 158 valence electrons. The van der Waals surface area contributed by atoms with Gasteiger partial charge in [-0.15, -0.1) is 0 Å². The maximum absolute atomic E-state index is 12.9. The van der Waals surface area contributed by atoms with Gasteiger partial charge in [-0.25, -0.2) is 4.90 Å². The van der Waals surface area contributed by atoms with Crippen LogP contribution in [0, 0.1) is 0 Å². The van der Waals surface area contributed by atoms with Gasteiger partial charge < -0.3 is 10.1 Å². The first-order valence-electron chi connectivity index (χ1n) is 9.74. The molecular formula is C22H24ClN3O4. The third kappa shape index (κ3) is 5.17. The van der Waals surface area contributed by atoms with Crippen LogP contribution < -0.4 is 15.0 Å². The Bertz CT molecular complexity index is 915. The maximum atomic E-state index is 12.9. The fraction of sp³-hybridized carbons (Fsp3) is 0.318. The number of amides is 3. The molecule has 1 heterocycles. The number of halogens is 1. The van der Waals surface area contributed by atoms with E-state index < -0.39 is 6.04 Å². The van der Waals surface area contributed by atoms with Gasteiger partial charge in [-0.2, -0.15) is 0 Å². The van der Waals surface area contributed by atoms with Crippen LogP contribution >= 0.6 is 11.6 Å². The van der Waals surface area contributed by atoms with E-state index in [0.29, 0.717) is 28.8 Å².